The van der Waals surface area contributed by atoms with Crippen LogP contribution in [0.2, 0.25) is 0 Å². The fraction of sp³-hybridized carbons (Fsp3) is 0.176. The van der Waals surface area contributed by atoms with E-state index in [1.807, 2.05) is 24.3 Å². The van der Waals surface area contributed by atoms with E-state index in [9.17, 15) is 14.9 Å². The second kappa shape index (κ2) is 6.60. The zero-order valence-electron chi connectivity index (χ0n) is 13.7. The highest BCUT2D eigenvalue weighted by Gasteiger charge is 2.26. The molecule has 0 aliphatic carbocycles. The summed E-state index contributed by atoms with van der Waals surface area (Å²) in [6.45, 7) is 0.341. The third kappa shape index (κ3) is 3.14. The molecule has 2 heterocycles. The van der Waals surface area contributed by atoms with Gasteiger partial charge < -0.3 is 9.64 Å². The summed E-state index contributed by atoms with van der Waals surface area (Å²) in [7, 11) is 3.23. The van der Waals surface area contributed by atoms with E-state index in [4.69, 9.17) is 4.74 Å². The molecule has 0 amide bonds. The summed E-state index contributed by atoms with van der Waals surface area (Å²) in [5.74, 6) is 0.718. The Morgan fingerprint density at radius 3 is 2.80 bits per heavy atom. The highest BCUT2D eigenvalue weighted by atomic mass is 16.6. The Morgan fingerprint density at radius 1 is 1.28 bits per heavy atom. The van der Waals surface area contributed by atoms with Gasteiger partial charge in [0.2, 0.25) is 5.82 Å². The summed E-state index contributed by atoms with van der Waals surface area (Å²) < 4.78 is 6.35. The number of ether oxygens (including phenoxy) is 1. The van der Waals surface area contributed by atoms with Crippen molar-refractivity contribution in [3.05, 3.63) is 74.7 Å². The lowest BCUT2D eigenvalue weighted by Crippen LogP contribution is -2.26. The Labute approximate surface area is 143 Å². The number of methoxy groups -OCH3 is 1. The maximum Gasteiger partial charge on any atom is 0.376 e. The van der Waals surface area contributed by atoms with Crippen LogP contribution < -0.4 is 15.2 Å². The van der Waals surface area contributed by atoms with E-state index >= 15 is 0 Å². The van der Waals surface area contributed by atoms with Gasteiger partial charge in [0.05, 0.1) is 12.0 Å². The summed E-state index contributed by atoms with van der Waals surface area (Å²) in [4.78, 5) is 29.1. The van der Waals surface area contributed by atoms with Gasteiger partial charge >= 0.3 is 11.2 Å². The zero-order valence-corrected chi connectivity index (χ0v) is 13.7. The topological polar surface area (TPSA) is 90.0 Å². The maximum absolute atomic E-state index is 12.5. The lowest BCUT2D eigenvalue weighted by molar-refractivity contribution is -0.385. The number of rotatable bonds is 5. The minimum absolute atomic E-state index is 0.0315. The SMILES string of the molecule is COc1cccc(CN(C)c2nc3ccccn3c(=O)c2[N+](=O)[O-])c1. The van der Waals surface area contributed by atoms with Gasteiger partial charge in [-0.05, 0) is 29.8 Å². The van der Waals surface area contributed by atoms with Crippen LogP contribution in [0.25, 0.3) is 5.65 Å². The summed E-state index contributed by atoms with van der Waals surface area (Å²) in [5, 5.41) is 11.4. The lowest BCUT2D eigenvalue weighted by Gasteiger charge is -2.18. The molecule has 8 nitrogen and oxygen atoms in total. The molecule has 0 aliphatic rings. The predicted molar refractivity (Wildman–Crippen MR) is 93.2 cm³/mol. The van der Waals surface area contributed by atoms with Gasteiger partial charge in [-0.3, -0.25) is 19.3 Å². The van der Waals surface area contributed by atoms with Crippen molar-refractivity contribution < 1.29 is 9.66 Å². The Morgan fingerprint density at radius 2 is 2.08 bits per heavy atom. The maximum atomic E-state index is 12.5. The number of hydrogen-bond donors (Lipinski definition) is 0. The van der Waals surface area contributed by atoms with Gasteiger partial charge in [-0.15, -0.1) is 0 Å². The first-order chi connectivity index (χ1) is 12.0. The van der Waals surface area contributed by atoms with Crippen LogP contribution >= 0.6 is 0 Å². The van der Waals surface area contributed by atoms with Crippen LogP contribution in [0.4, 0.5) is 11.5 Å². The van der Waals surface area contributed by atoms with Gasteiger partial charge in [0.1, 0.15) is 11.4 Å². The van der Waals surface area contributed by atoms with Gasteiger partial charge in [-0.1, -0.05) is 18.2 Å². The fourth-order valence-corrected chi connectivity index (χ4v) is 2.61. The number of anilines is 1. The summed E-state index contributed by atoms with van der Waals surface area (Å²) in [5.41, 5.74) is -0.0195. The summed E-state index contributed by atoms with van der Waals surface area (Å²) in [6, 6.07) is 12.3. The average molecular weight is 340 g/mol. The Hall–Kier alpha value is -3.42. The summed E-state index contributed by atoms with van der Waals surface area (Å²) in [6.07, 6.45) is 1.46. The van der Waals surface area contributed by atoms with Crippen LogP contribution in [0.3, 0.4) is 0 Å². The van der Waals surface area contributed by atoms with Crippen molar-refractivity contribution in [2.75, 3.05) is 19.1 Å². The number of fused-ring (bicyclic) bond motifs is 1. The van der Waals surface area contributed by atoms with Crippen LogP contribution in [0.1, 0.15) is 5.56 Å². The first-order valence-electron chi connectivity index (χ1n) is 7.51. The fourth-order valence-electron chi connectivity index (χ4n) is 2.61. The van der Waals surface area contributed by atoms with E-state index in [0.29, 0.717) is 17.9 Å². The van der Waals surface area contributed by atoms with E-state index in [1.165, 1.54) is 10.6 Å². The first-order valence-corrected chi connectivity index (χ1v) is 7.51. The highest BCUT2D eigenvalue weighted by Crippen LogP contribution is 2.24. The van der Waals surface area contributed by atoms with Gasteiger partial charge in [0.15, 0.2) is 0 Å². The molecule has 25 heavy (non-hydrogen) atoms. The molecule has 0 radical (unpaired) electrons. The molecule has 0 atom stereocenters. The monoisotopic (exact) mass is 340 g/mol. The smallest absolute Gasteiger partial charge is 0.376 e. The van der Waals surface area contributed by atoms with Crippen molar-refractivity contribution in [3.63, 3.8) is 0 Å². The number of nitrogens with zero attached hydrogens (tertiary/aromatic N) is 4. The van der Waals surface area contributed by atoms with Gasteiger partial charge in [-0.25, -0.2) is 4.98 Å². The minimum Gasteiger partial charge on any atom is -0.497 e. The van der Waals surface area contributed by atoms with Gasteiger partial charge in [-0.2, -0.15) is 0 Å². The molecular weight excluding hydrogens is 324 g/mol. The normalized spacial score (nSPS) is 10.6. The number of aromatic nitrogens is 2. The van der Waals surface area contributed by atoms with Gasteiger partial charge in [0.25, 0.3) is 0 Å². The molecule has 0 saturated carbocycles. The van der Waals surface area contributed by atoms with Crippen molar-refractivity contribution >= 4 is 17.2 Å². The molecule has 0 saturated heterocycles. The van der Waals surface area contributed by atoms with Crippen molar-refractivity contribution in [1.29, 1.82) is 0 Å². The van der Waals surface area contributed by atoms with Crippen LogP contribution in [-0.2, 0) is 6.54 Å². The molecule has 2 aromatic heterocycles. The van der Waals surface area contributed by atoms with Crippen LogP contribution in [0.15, 0.2) is 53.5 Å². The molecule has 3 aromatic rings. The Bertz CT molecular complexity index is 999. The van der Waals surface area contributed by atoms with E-state index in [1.54, 1.807) is 37.3 Å². The van der Waals surface area contributed by atoms with Crippen molar-refractivity contribution in [2.24, 2.45) is 0 Å². The Balaban J connectivity index is 2.08. The van der Waals surface area contributed by atoms with E-state index in [2.05, 4.69) is 4.98 Å². The molecule has 0 spiro atoms. The van der Waals surface area contributed by atoms with E-state index in [-0.39, 0.29) is 5.82 Å². The lowest BCUT2D eigenvalue weighted by atomic mass is 10.2. The number of nitro groups is 1. The van der Waals surface area contributed by atoms with E-state index in [0.717, 1.165) is 5.56 Å². The average Bonchev–Trinajstić information content (AvgIpc) is 2.61. The second-order valence-corrected chi connectivity index (χ2v) is 5.48. The van der Waals surface area contributed by atoms with Crippen LogP contribution in [0, 0.1) is 10.1 Å². The molecule has 0 aliphatic heterocycles. The molecule has 3 rings (SSSR count). The molecule has 0 unspecified atom stereocenters. The van der Waals surface area contributed by atoms with Crippen molar-refractivity contribution in [2.45, 2.75) is 6.54 Å². The number of benzene rings is 1. The number of hydrogen-bond acceptors (Lipinski definition) is 6. The van der Waals surface area contributed by atoms with Gasteiger partial charge in [0, 0.05) is 19.8 Å². The van der Waals surface area contributed by atoms with Crippen LogP contribution in [0.5, 0.6) is 5.75 Å². The molecular formula is C17H16N4O4. The third-order valence-corrected chi connectivity index (χ3v) is 3.79. The van der Waals surface area contributed by atoms with Crippen molar-refractivity contribution in [3.8, 4) is 5.75 Å². The quantitative estimate of drug-likeness (QED) is 0.523. The zero-order chi connectivity index (χ0) is 18.0. The minimum atomic E-state index is -0.705. The standard InChI is InChI=1S/C17H16N4O4/c1-19(11-12-6-5-7-13(10-12)25-2)16-15(21(23)24)17(22)20-9-4-3-8-14(20)18-16/h3-10H,11H2,1-2H3. The molecule has 0 N–H and O–H groups in total. The first kappa shape index (κ1) is 16.4. The largest absolute Gasteiger partial charge is 0.497 e. The molecule has 128 valence electrons. The molecule has 1 aromatic carbocycles. The Kier molecular flexibility index (Phi) is 4.34. The molecule has 8 heteroatoms. The predicted octanol–water partition coefficient (Wildman–Crippen LogP) is 2.25. The molecule has 0 fully saturated rings. The number of pyridine rings is 1. The summed E-state index contributed by atoms with van der Waals surface area (Å²) >= 11 is 0. The van der Waals surface area contributed by atoms with Crippen LogP contribution in [-0.4, -0.2) is 28.5 Å². The highest BCUT2D eigenvalue weighted by molar-refractivity contribution is 5.61. The molecule has 0 bridgehead atoms. The van der Waals surface area contributed by atoms with Crippen molar-refractivity contribution in [1.82, 2.24) is 9.38 Å². The van der Waals surface area contributed by atoms with E-state index < -0.39 is 16.2 Å². The third-order valence-electron chi connectivity index (χ3n) is 3.79. The second-order valence-electron chi connectivity index (χ2n) is 5.48.